The molecule has 3 aromatic rings. The standard InChI is InChI=1S/C15H15Br2N5O/c1-7(2)12-11(5-8-3-9(16)6-10(17)4-8)13(23)22-15(19-12)20-14(18)21-22/h3-4,6-7H,5H2,1-2H3,(H3,18,19,20,21). The van der Waals surface area contributed by atoms with E-state index in [1.165, 1.54) is 4.52 Å². The molecule has 0 aliphatic rings. The molecule has 0 atom stereocenters. The van der Waals surface area contributed by atoms with E-state index in [0.717, 1.165) is 20.2 Å². The van der Waals surface area contributed by atoms with E-state index in [4.69, 9.17) is 5.73 Å². The molecule has 0 radical (unpaired) electrons. The van der Waals surface area contributed by atoms with E-state index in [9.17, 15) is 4.79 Å². The summed E-state index contributed by atoms with van der Waals surface area (Å²) in [6.45, 7) is 4.02. The summed E-state index contributed by atoms with van der Waals surface area (Å²) >= 11 is 6.95. The lowest BCUT2D eigenvalue weighted by atomic mass is 9.99. The summed E-state index contributed by atoms with van der Waals surface area (Å²) in [5, 5.41) is 2.73. The number of H-pyrrole nitrogens is 1. The number of nitrogens with two attached hydrogens (primary N) is 1. The average Bonchev–Trinajstić information content (AvgIpc) is 2.81. The normalized spacial score (nSPS) is 11.5. The van der Waals surface area contributed by atoms with Crippen molar-refractivity contribution >= 4 is 43.6 Å². The summed E-state index contributed by atoms with van der Waals surface area (Å²) in [4.78, 5) is 21.4. The number of nitrogens with one attached hydrogen (secondary N) is 1. The maximum absolute atomic E-state index is 12.8. The minimum atomic E-state index is -0.168. The third-order valence-corrected chi connectivity index (χ3v) is 4.40. The van der Waals surface area contributed by atoms with Crippen molar-refractivity contribution in [2.75, 3.05) is 5.73 Å². The Morgan fingerprint density at radius 1 is 1.22 bits per heavy atom. The van der Waals surface area contributed by atoms with E-state index >= 15 is 0 Å². The number of halogens is 2. The van der Waals surface area contributed by atoms with E-state index in [2.05, 4.69) is 46.9 Å². The van der Waals surface area contributed by atoms with Gasteiger partial charge in [-0.15, -0.1) is 0 Å². The van der Waals surface area contributed by atoms with E-state index in [0.29, 0.717) is 17.8 Å². The van der Waals surface area contributed by atoms with E-state index < -0.39 is 0 Å². The van der Waals surface area contributed by atoms with Gasteiger partial charge < -0.3 is 5.73 Å². The summed E-state index contributed by atoms with van der Waals surface area (Å²) in [7, 11) is 0. The van der Waals surface area contributed by atoms with Crippen LogP contribution in [0.1, 0.15) is 36.6 Å². The Morgan fingerprint density at radius 3 is 2.48 bits per heavy atom. The number of hydrogen-bond donors (Lipinski definition) is 2. The van der Waals surface area contributed by atoms with Gasteiger partial charge in [0.1, 0.15) is 0 Å². The molecule has 8 heteroatoms. The molecule has 0 saturated heterocycles. The second kappa shape index (κ2) is 6.09. The van der Waals surface area contributed by atoms with E-state index in [-0.39, 0.29) is 17.4 Å². The zero-order chi connectivity index (χ0) is 16.7. The van der Waals surface area contributed by atoms with Crippen molar-refractivity contribution in [3.63, 3.8) is 0 Å². The number of fused-ring (bicyclic) bond motifs is 1. The Labute approximate surface area is 149 Å². The van der Waals surface area contributed by atoms with Gasteiger partial charge >= 0.3 is 0 Å². The van der Waals surface area contributed by atoms with Gasteiger partial charge in [0, 0.05) is 20.9 Å². The van der Waals surface area contributed by atoms with Crippen LogP contribution in [0.5, 0.6) is 0 Å². The number of nitrogens with zero attached hydrogens (tertiary/aromatic N) is 3. The van der Waals surface area contributed by atoms with Crippen LogP contribution in [-0.4, -0.2) is 19.6 Å². The second-order valence-electron chi connectivity index (χ2n) is 5.63. The van der Waals surface area contributed by atoms with Crippen molar-refractivity contribution in [1.82, 2.24) is 19.6 Å². The maximum Gasteiger partial charge on any atom is 0.277 e. The fourth-order valence-electron chi connectivity index (χ4n) is 2.54. The second-order valence-corrected chi connectivity index (χ2v) is 7.47. The van der Waals surface area contributed by atoms with Gasteiger partial charge in [0.25, 0.3) is 11.3 Å². The zero-order valence-electron chi connectivity index (χ0n) is 12.6. The topological polar surface area (TPSA) is 89.1 Å². The van der Waals surface area contributed by atoms with Crippen LogP contribution in [0.3, 0.4) is 0 Å². The van der Waals surface area contributed by atoms with Crippen LogP contribution in [-0.2, 0) is 6.42 Å². The largest absolute Gasteiger partial charge is 0.368 e. The molecule has 0 spiro atoms. The van der Waals surface area contributed by atoms with Crippen molar-refractivity contribution in [2.45, 2.75) is 26.2 Å². The summed E-state index contributed by atoms with van der Waals surface area (Å²) in [6, 6.07) is 5.94. The molecule has 2 aromatic heterocycles. The fourth-order valence-corrected chi connectivity index (χ4v) is 3.93. The Kier molecular flexibility index (Phi) is 4.29. The first-order valence-corrected chi connectivity index (χ1v) is 8.65. The molecule has 6 nitrogen and oxygen atoms in total. The van der Waals surface area contributed by atoms with Crippen LogP contribution >= 0.6 is 31.9 Å². The number of rotatable bonds is 3. The molecule has 0 amide bonds. The molecular weight excluding hydrogens is 426 g/mol. The SMILES string of the molecule is CC(C)c1nc2nc(N)[nH]n2c(=O)c1Cc1cc(Br)cc(Br)c1. The van der Waals surface area contributed by atoms with Crippen LogP contribution in [0.4, 0.5) is 5.95 Å². The lowest BCUT2D eigenvalue weighted by molar-refractivity contribution is 0.769. The van der Waals surface area contributed by atoms with E-state index in [1.54, 1.807) is 0 Å². The summed E-state index contributed by atoms with van der Waals surface area (Å²) in [6.07, 6.45) is 0.485. The highest BCUT2D eigenvalue weighted by atomic mass is 79.9. The number of benzene rings is 1. The Bertz CT molecular complexity index is 925. The third-order valence-electron chi connectivity index (χ3n) is 3.49. The highest BCUT2D eigenvalue weighted by molar-refractivity contribution is 9.11. The number of aromatic amines is 1. The maximum atomic E-state index is 12.8. The predicted molar refractivity (Wildman–Crippen MR) is 96.8 cm³/mol. The van der Waals surface area contributed by atoms with Crippen LogP contribution in [0.2, 0.25) is 0 Å². The van der Waals surface area contributed by atoms with Gasteiger partial charge in [0.2, 0.25) is 5.95 Å². The van der Waals surface area contributed by atoms with Gasteiger partial charge in [-0.3, -0.25) is 9.89 Å². The molecule has 0 bridgehead atoms. The van der Waals surface area contributed by atoms with Gasteiger partial charge in [-0.05, 0) is 29.7 Å². The Balaban J connectivity index is 2.20. The molecule has 3 rings (SSSR count). The van der Waals surface area contributed by atoms with Gasteiger partial charge in [-0.25, -0.2) is 4.98 Å². The quantitative estimate of drug-likeness (QED) is 0.654. The monoisotopic (exact) mass is 439 g/mol. The third kappa shape index (κ3) is 3.18. The van der Waals surface area contributed by atoms with Crippen LogP contribution < -0.4 is 11.3 Å². The molecule has 23 heavy (non-hydrogen) atoms. The molecule has 2 heterocycles. The lowest BCUT2D eigenvalue weighted by Gasteiger charge is -2.11. The Hall–Kier alpha value is -1.67. The predicted octanol–water partition coefficient (Wildman–Crippen LogP) is 3.24. The highest BCUT2D eigenvalue weighted by Crippen LogP contribution is 2.24. The van der Waals surface area contributed by atoms with Crippen LogP contribution in [0.25, 0.3) is 5.78 Å². The first-order valence-electron chi connectivity index (χ1n) is 7.07. The first-order chi connectivity index (χ1) is 10.8. The Morgan fingerprint density at radius 2 is 1.87 bits per heavy atom. The summed E-state index contributed by atoms with van der Waals surface area (Å²) in [5.74, 6) is 0.582. The minimum absolute atomic E-state index is 0.108. The molecule has 0 aliphatic carbocycles. The molecule has 0 saturated carbocycles. The average molecular weight is 441 g/mol. The molecule has 0 unspecified atom stereocenters. The molecule has 1 aromatic carbocycles. The molecule has 0 aliphatic heterocycles. The van der Waals surface area contributed by atoms with Gasteiger partial charge in [0.15, 0.2) is 0 Å². The minimum Gasteiger partial charge on any atom is -0.368 e. The van der Waals surface area contributed by atoms with Crippen LogP contribution in [0.15, 0.2) is 31.9 Å². The van der Waals surface area contributed by atoms with Gasteiger partial charge in [-0.1, -0.05) is 45.7 Å². The highest BCUT2D eigenvalue weighted by Gasteiger charge is 2.18. The number of nitrogen functional groups attached to an aromatic ring is 1. The number of hydrogen-bond acceptors (Lipinski definition) is 4. The number of aromatic nitrogens is 4. The van der Waals surface area contributed by atoms with Crippen molar-refractivity contribution in [2.24, 2.45) is 0 Å². The lowest BCUT2D eigenvalue weighted by Crippen LogP contribution is -2.24. The zero-order valence-corrected chi connectivity index (χ0v) is 15.8. The smallest absolute Gasteiger partial charge is 0.277 e. The van der Waals surface area contributed by atoms with Gasteiger partial charge in [-0.2, -0.15) is 9.50 Å². The molecule has 120 valence electrons. The summed E-state index contributed by atoms with van der Waals surface area (Å²) < 4.78 is 3.20. The first kappa shape index (κ1) is 16.2. The molecule has 0 fully saturated rings. The fraction of sp³-hybridized carbons (Fsp3) is 0.267. The van der Waals surface area contributed by atoms with Crippen molar-refractivity contribution < 1.29 is 0 Å². The molecular formula is C15H15Br2N5O. The van der Waals surface area contributed by atoms with Crippen LogP contribution in [0, 0.1) is 0 Å². The van der Waals surface area contributed by atoms with Gasteiger partial charge in [0.05, 0.1) is 5.69 Å². The summed E-state index contributed by atoms with van der Waals surface area (Å²) in [5.41, 5.74) is 7.89. The molecule has 3 N–H and O–H groups in total. The number of anilines is 1. The van der Waals surface area contributed by atoms with Crippen molar-refractivity contribution in [3.8, 4) is 0 Å². The van der Waals surface area contributed by atoms with Crippen molar-refractivity contribution in [3.05, 3.63) is 54.3 Å². The van der Waals surface area contributed by atoms with Crippen molar-refractivity contribution in [1.29, 1.82) is 0 Å². The van der Waals surface area contributed by atoms with E-state index in [1.807, 2.05) is 32.0 Å².